The molecule has 0 saturated heterocycles. The van der Waals surface area contributed by atoms with Crippen LogP contribution in [0.2, 0.25) is 5.02 Å². The number of carbonyl (C=O) groups excluding carboxylic acids is 2. The summed E-state index contributed by atoms with van der Waals surface area (Å²) in [5.41, 5.74) is 1.65. The van der Waals surface area contributed by atoms with Crippen LogP contribution in [0.1, 0.15) is 22.9 Å². The molecule has 38 heavy (non-hydrogen) atoms. The van der Waals surface area contributed by atoms with Crippen LogP contribution in [0.4, 0.5) is 10.5 Å². The lowest BCUT2D eigenvalue weighted by Crippen LogP contribution is -2.49. The maximum absolute atomic E-state index is 13.7. The van der Waals surface area contributed by atoms with Gasteiger partial charge in [0.05, 0.1) is 13.2 Å². The molecule has 4 rings (SSSR count). The van der Waals surface area contributed by atoms with Crippen molar-refractivity contribution >= 4 is 40.6 Å². The van der Waals surface area contributed by atoms with Crippen molar-refractivity contribution in [2.75, 3.05) is 52.4 Å². The van der Waals surface area contributed by atoms with Crippen molar-refractivity contribution < 1.29 is 23.8 Å². The number of thiophene rings is 1. The summed E-state index contributed by atoms with van der Waals surface area (Å²) >= 11 is 7.77. The molecule has 2 aromatic carbocycles. The van der Waals surface area contributed by atoms with E-state index in [1.807, 2.05) is 34.5 Å². The first-order valence-corrected chi connectivity index (χ1v) is 13.7. The smallest absolute Gasteiger partial charge is 0.322 e. The van der Waals surface area contributed by atoms with Crippen molar-refractivity contribution in [3.63, 3.8) is 0 Å². The van der Waals surface area contributed by atoms with Crippen LogP contribution in [0, 0.1) is 0 Å². The van der Waals surface area contributed by atoms with Gasteiger partial charge in [-0.05, 0) is 60.2 Å². The van der Waals surface area contributed by atoms with Crippen LogP contribution >= 0.6 is 22.9 Å². The summed E-state index contributed by atoms with van der Waals surface area (Å²) in [5, 5.41) is 5.42. The lowest BCUT2D eigenvalue weighted by Gasteiger charge is -2.37. The fourth-order valence-electron chi connectivity index (χ4n) is 4.46. The van der Waals surface area contributed by atoms with Crippen LogP contribution in [-0.4, -0.2) is 68.8 Å². The molecule has 1 unspecified atom stereocenters. The van der Waals surface area contributed by atoms with Crippen LogP contribution in [0.5, 0.6) is 11.5 Å². The number of hydrogen-bond acceptors (Lipinski definition) is 6. The Balaban J connectivity index is 1.50. The molecule has 0 aliphatic carbocycles. The van der Waals surface area contributed by atoms with Gasteiger partial charge in [0.15, 0.2) is 11.5 Å². The van der Waals surface area contributed by atoms with E-state index in [-0.39, 0.29) is 31.1 Å². The van der Waals surface area contributed by atoms with Crippen LogP contribution in [0.25, 0.3) is 0 Å². The molecule has 0 bridgehead atoms. The molecular weight excluding hydrogens is 526 g/mol. The Morgan fingerprint density at radius 2 is 1.95 bits per heavy atom. The van der Waals surface area contributed by atoms with Gasteiger partial charge in [-0.15, -0.1) is 11.3 Å². The van der Waals surface area contributed by atoms with Crippen LogP contribution < -0.4 is 14.8 Å². The van der Waals surface area contributed by atoms with E-state index in [9.17, 15) is 9.59 Å². The Hall–Kier alpha value is -3.27. The van der Waals surface area contributed by atoms with Crippen molar-refractivity contribution in [2.24, 2.45) is 0 Å². The van der Waals surface area contributed by atoms with E-state index in [1.54, 1.807) is 49.8 Å². The molecule has 1 atom stereocenters. The van der Waals surface area contributed by atoms with Crippen molar-refractivity contribution in [1.82, 2.24) is 9.80 Å². The number of halogens is 1. The highest BCUT2D eigenvalue weighted by atomic mass is 35.5. The second-order valence-electron chi connectivity index (χ2n) is 8.82. The molecule has 0 spiro atoms. The maximum Gasteiger partial charge on any atom is 0.322 e. The van der Waals surface area contributed by atoms with Gasteiger partial charge in [-0.25, -0.2) is 4.79 Å². The Bertz CT molecular complexity index is 1240. The summed E-state index contributed by atoms with van der Waals surface area (Å²) < 4.78 is 16.8. The minimum Gasteiger partial charge on any atom is -0.493 e. The standard InChI is InChI=1S/C28H32ClN3O5S/c1-35-15-6-13-31(28(34)30-21-8-5-7-20(29)17-21)18-27(33)32-14-11-26-22(12-16-38-26)23(32)19-37-25-10-4-3-9-24(25)36-2/h3-5,7-10,12,16-17,23H,6,11,13-15,18-19H2,1-2H3,(H,30,34). The second-order valence-corrected chi connectivity index (χ2v) is 10.3. The zero-order chi connectivity index (χ0) is 26.9. The van der Waals surface area contributed by atoms with Gasteiger partial charge in [0.25, 0.3) is 0 Å². The normalized spacial score (nSPS) is 14.5. The maximum atomic E-state index is 13.7. The van der Waals surface area contributed by atoms with E-state index in [0.717, 1.165) is 12.0 Å². The minimum atomic E-state index is -0.369. The highest BCUT2D eigenvalue weighted by Gasteiger charge is 2.33. The van der Waals surface area contributed by atoms with Crippen LogP contribution in [0.3, 0.4) is 0 Å². The Kier molecular flexibility index (Phi) is 9.86. The molecule has 10 heteroatoms. The monoisotopic (exact) mass is 557 g/mol. The average molecular weight is 558 g/mol. The molecule has 8 nitrogen and oxygen atoms in total. The first-order chi connectivity index (χ1) is 18.5. The SMILES string of the molecule is COCCCN(CC(=O)N1CCc2sccc2C1COc1ccccc1OC)C(=O)Nc1cccc(Cl)c1. The molecule has 1 N–H and O–H groups in total. The van der Waals surface area contributed by atoms with E-state index >= 15 is 0 Å². The highest BCUT2D eigenvalue weighted by molar-refractivity contribution is 7.10. The number of nitrogens with one attached hydrogen (secondary N) is 1. The molecule has 0 fully saturated rings. The Morgan fingerprint density at radius 1 is 1.13 bits per heavy atom. The molecule has 2 heterocycles. The highest BCUT2D eigenvalue weighted by Crippen LogP contribution is 2.35. The predicted molar refractivity (Wildman–Crippen MR) is 150 cm³/mol. The first-order valence-electron chi connectivity index (χ1n) is 12.4. The van der Waals surface area contributed by atoms with Gasteiger partial charge in [0.1, 0.15) is 13.2 Å². The third kappa shape index (κ3) is 6.98. The summed E-state index contributed by atoms with van der Waals surface area (Å²) in [4.78, 5) is 31.5. The number of amides is 3. The summed E-state index contributed by atoms with van der Waals surface area (Å²) in [5.74, 6) is 1.11. The summed E-state index contributed by atoms with van der Waals surface area (Å²) in [6.07, 6.45) is 1.37. The third-order valence-corrected chi connectivity index (χ3v) is 7.58. The fourth-order valence-corrected chi connectivity index (χ4v) is 5.57. The molecule has 0 radical (unpaired) electrons. The lowest BCUT2D eigenvalue weighted by atomic mass is 10.0. The molecule has 3 aromatic rings. The van der Waals surface area contributed by atoms with Gasteiger partial charge in [0.2, 0.25) is 5.91 Å². The van der Waals surface area contributed by atoms with E-state index in [0.29, 0.717) is 48.3 Å². The molecule has 202 valence electrons. The van der Waals surface area contributed by atoms with Crippen molar-refractivity contribution in [1.29, 1.82) is 0 Å². The zero-order valence-electron chi connectivity index (χ0n) is 21.5. The number of carbonyl (C=O) groups is 2. The summed E-state index contributed by atoms with van der Waals surface area (Å²) in [6, 6.07) is 15.8. The van der Waals surface area contributed by atoms with E-state index in [2.05, 4.69) is 11.4 Å². The predicted octanol–water partition coefficient (Wildman–Crippen LogP) is 5.49. The van der Waals surface area contributed by atoms with Gasteiger partial charge < -0.3 is 29.3 Å². The van der Waals surface area contributed by atoms with Gasteiger partial charge >= 0.3 is 6.03 Å². The number of urea groups is 1. The number of anilines is 1. The van der Waals surface area contributed by atoms with E-state index < -0.39 is 0 Å². The Labute approximate surface area is 232 Å². The fraction of sp³-hybridized carbons (Fsp3) is 0.357. The largest absolute Gasteiger partial charge is 0.493 e. The number of hydrogen-bond donors (Lipinski definition) is 1. The number of nitrogens with zero attached hydrogens (tertiary/aromatic N) is 2. The number of ether oxygens (including phenoxy) is 3. The van der Waals surface area contributed by atoms with Gasteiger partial charge in [-0.2, -0.15) is 0 Å². The lowest BCUT2D eigenvalue weighted by molar-refractivity contribution is -0.135. The topological polar surface area (TPSA) is 80.3 Å². The minimum absolute atomic E-state index is 0.0687. The molecule has 3 amide bonds. The number of rotatable bonds is 11. The zero-order valence-corrected chi connectivity index (χ0v) is 23.1. The van der Waals surface area contributed by atoms with Gasteiger partial charge in [-0.1, -0.05) is 29.8 Å². The first kappa shape index (κ1) is 27.8. The van der Waals surface area contributed by atoms with Crippen molar-refractivity contribution in [3.8, 4) is 11.5 Å². The number of para-hydroxylation sites is 2. The van der Waals surface area contributed by atoms with E-state index in [1.165, 1.54) is 9.78 Å². The molecule has 0 saturated carbocycles. The van der Waals surface area contributed by atoms with E-state index in [4.69, 9.17) is 25.8 Å². The van der Waals surface area contributed by atoms with Gasteiger partial charge in [-0.3, -0.25) is 4.79 Å². The molecule has 1 aromatic heterocycles. The number of methoxy groups -OCH3 is 2. The quantitative estimate of drug-likeness (QED) is 0.316. The van der Waals surface area contributed by atoms with Crippen LogP contribution in [0.15, 0.2) is 60.0 Å². The van der Waals surface area contributed by atoms with Crippen LogP contribution in [-0.2, 0) is 16.0 Å². The summed E-state index contributed by atoms with van der Waals surface area (Å²) in [6.45, 7) is 1.60. The third-order valence-electron chi connectivity index (χ3n) is 6.35. The molecule has 1 aliphatic rings. The molecular formula is C28H32ClN3O5S. The van der Waals surface area contributed by atoms with Crippen molar-refractivity contribution in [2.45, 2.75) is 18.9 Å². The van der Waals surface area contributed by atoms with Gasteiger partial charge in [0, 0.05) is 42.4 Å². The summed E-state index contributed by atoms with van der Waals surface area (Å²) in [7, 11) is 3.21. The average Bonchev–Trinajstić information content (AvgIpc) is 3.40. The number of benzene rings is 2. The van der Waals surface area contributed by atoms with Crippen molar-refractivity contribution in [3.05, 3.63) is 75.4 Å². The number of fused-ring (bicyclic) bond motifs is 1. The molecule has 1 aliphatic heterocycles. The second kappa shape index (κ2) is 13.5. The Morgan fingerprint density at radius 3 is 2.71 bits per heavy atom.